The van der Waals surface area contributed by atoms with Crippen molar-refractivity contribution in [2.75, 3.05) is 0 Å². The highest BCUT2D eigenvalue weighted by atomic mass is 16.1. The molecule has 2 aromatic carbocycles. The Kier molecular flexibility index (Phi) is 3.74. The topological polar surface area (TPSA) is 60.7 Å². The first-order chi connectivity index (χ1) is 14.8. The normalized spacial score (nSPS) is 18.0. The molecule has 1 fully saturated rings. The van der Waals surface area contributed by atoms with E-state index >= 15 is 0 Å². The molecule has 0 bridgehead atoms. The number of nitrogens with zero attached hydrogens (tertiary/aromatic N) is 4. The molecule has 5 nitrogen and oxygen atoms in total. The number of para-hydroxylation sites is 1. The summed E-state index contributed by atoms with van der Waals surface area (Å²) in [7, 11) is 0. The van der Waals surface area contributed by atoms with Gasteiger partial charge in [-0.15, -0.1) is 0 Å². The maximum absolute atomic E-state index is 13.5. The molecule has 3 aromatic heterocycles. The molecule has 30 heavy (non-hydrogen) atoms. The number of hydrogen-bond donors (Lipinski definition) is 0. The smallest absolute Gasteiger partial charge is 0.259 e. The highest BCUT2D eigenvalue weighted by Gasteiger charge is 2.41. The second-order valence-corrected chi connectivity index (χ2v) is 7.76. The number of pyridine rings is 2. The Bertz CT molecular complexity index is 1460. The molecule has 1 aliphatic rings. The molecule has 144 valence electrons. The van der Waals surface area contributed by atoms with E-state index in [2.05, 4.69) is 28.2 Å². The predicted molar refractivity (Wildman–Crippen MR) is 117 cm³/mol. The van der Waals surface area contributed by atoms with Crippen molar-refractivity contribution in [1.29, 1.82) is 0 Å². The van der Waals surface area contributed by atoms with Crippen LogP contribution in [0.4, 0.5) is 0 Å². The lowest BCUT2D eigenvalue weighted by Gasteiger charge is -2.10. The van der Waals surface area contributed by atoms with Gasteiger partial charge in [0.1, 0.15) is 6.33 Å². The van der Waals surface area contributed by atoms with E-state index in [0.29, 0.717) is 5.39 Å². The molecule has 5 aromatic rings. The third-order valence-corrected chi connectivity index (χ3v) is 5.95. The van der Waals surface area contributed by atoms with E-state index in [4.69, 9.17) is 4.98 Å². The van der Waals surface area contributed by atoms with E-state index < -0.39 is 0 Å². The first kappa shape index (κ1) is 17.0. The van der Waals surface area contributed by atoms with Crippen LogP contribution in [0.15, 0.2) is 90.4 Å². The Labute approximate surface area is 172 Å². The fraction of sp³-hybridized carbons (Fsp3) is 0.120. The fourth-order valence-corrected chi connectivity index (χ4v) is 4.34. The number of aromatic nitrogens is 4. The van der Waals surface area contributed by atoms with Gasteiger partial charge in [0, 0.05) is 47.2 Å². The SMILES string of the molecule is O=c1c2c(-c3cncnc3)cccc2ccn1C1CC1c1ccc2ccccc2n1. The standard InChI is InChI=1S/C25H18N4O/c30-25-24-17(5-3-6-19(24)18-13-26-15-27-14-18)10-11-29(25)23-12-20(23)22-9-8-16-4-1-2-7-21(16)28-22/h1-11,13-15,20,23H,12H2. The van der Waals surface area contributed by atoms with Crippen molar-refractivity contribution in [3.8, 4) is 11.1 Å². The summed E-state index contributed by atoms with van der Waals surface area (Å²) in [5.74, 6) is 0.261. The van der Waals surface area contributed by atoms with Crippen LogP contribution in [-0.2, 0) is 0 Å². The fourth-order valence-electron chi connectivity index (χ4n) is 4.34. The highest BCUT2D eigenvalue weighted by molar-refractivity contribution is 5.95. The van der Waals surface area contributed by atoms with Crippen molar-refractivity contribution >= 4 is 21.7 Å². The molecule has 6 rings (SSSR count). The summed E-state index contributed by atoms with van der Waals surface area (Å²) in [6, 6.07) is 20.4. The highest BCUT2D eigenvalue weighted by Crippen LogP contribution is 2.50. The third-order valence-electron chi connectivity index (χ3n) is 5.95. The molecule has 0 radical (unpaired) electrons. The second-order valence-electron chi connectivity index (χ2n) is 7.76. The van der Waals surface area contributed by atoms with Crippen molar-refractivity contribution in [3.63, 3.8) is 0 Å². The minimum atomic E-state index is 0.0280. The van der Waals surface area contributed by atoms with Crippen molar-refractivity contribution in [1.82, 2.24) is 19.5 Å². The van der Waals surface area contributed by atoms with E-state index in [1.165, 1.54) is 6.33 Å². The van der Waals surface area contributed by atoms with Crippen LogP contribution in [0.3, 0.4) is 0 Å². The largest absolute Gasteiger partial charge is 0.311 e. The van der Waals surface area contributed by atoms with E-state index in [1.54, 1.807) is 12.4 Å². The van der Waals surface area contributed by atoms with Crippen molar-refractivity contribution in [2.24, 2.45) is 0 Å². The van der Waals surface area contributed by atoms with Gasteiger partial charge in [0.25, 0.3) is 5.56 Å². The molecule has 0 spiro atoms. The van der Waals surface area contributed by atoms with Crippen LogP contribution in [0.5, 0.6) is 0 Å². The van der Waals surface area contributed by atoms with Crippen LogP contribution >= 0.6 is 0 Å². The van der Waals surface area contributed by atoms with Gasteiger partial charge in [0.2, 0.25) is 0 Å². The molecule has 3 heterocycles. The quantitative estimate of drug-likeness (QED) is 0.447. The molecule has 0 aliphatic heterocycles. The summed E-state index contributed by atoms with van der Waals surface area (Å²) >= 11 is 0. The minimum Gasteiger partial charge on any atom is -0.311 e. The molecule has 0 amide bonds. The zero-order valence-electron chi connectivity index (χ0n) is 16.1. The second kappa shape index (κ2) is 6.59. The molecule has 1 aliphatic carbocycles. The Morgan fingerprint density at radius 3 is 2.60 bits per heavy atom. The van der Waals surface area contributed by atoms with E-state index in [-0.39, 0.29) is 17.5 Å². The Morgan fingerprint density at radius 2 is 1.70 bits per heavy atom. The van der Waals surface area contributed by atoms with Gasteiger partial charge < -0.3 is 4.57 Å². The number of rotatable bonds is 3. The average molecular weight is 390 g/mol. The monoisotopic (exact) mass is 390 g/mol. The first-order valence-electron chi connectivity index (χ1n) is 10.0. The van der Waals surface area contributed by atoms with Crippen LogP contribution in [-0.4, -0.2) is 19.5 Å². The zero-order valence-corrected chi connectivity index (χ0v) is 16.1. The molecule has 1 saturated carbocycles. The van der Waals surface area contributed by atoms with Crippen molar-refractivity contribution in [2.45, 2.75) is 18.4 Å². The number of hydrogen-bond acceptors (Lipinski definition) is 4. The Balaban J connectivity index is 1.43. The van der Waals surface area contributed by atoms with Gasteiger partial charge in [-0.3, -0.25) is 9.78 Å². The van der Waals surface area contributed by atoms with Gasteiger partial charge in [-0.25, -0.2) is 9.97 Å². The van der Waals surface area contributed by atoms with Gasteiger partial charge in [0.15, 0.2) is 0 Å². The lowest BCUT2D eigenvalue weighted by atomic mass is 10.0. The van der Waals surface area contributed by atoms with E-state index in [9.17, 15) is 4.79 Å². The molecule has 2 atom stereocenters. The van der Waals surface area contributed by atoms with Crippen LogP contribution in [0.25, 0.3) is 32.8 Å². The maximum Gasteiger partial charge on any atom is 0.259 e. The Hall–Kier alpha value is -3.86. The predicted octanol–water partition coefficient (Wildman–Crippen LogP) is 4.74. The van der Waals surface area contributed by atoms with Crippen molar-refractivity contribution in [3.05, 3.63) is 102 Å². The molecular formula is C25H18N4O. The summed E-state index contributed by atoms with van der Waals surface area (Å²) in [6.07, 6.45) is 7.84. The van der Waals surface area contributed by atoms with E-state index in [1.807, 2.05) is 53.2 Å². The lowest BCUT2D eigenvalue weighted by molar-refractivity contribution is 0.688. The van der Waals surface area contributed by atoms with E-state index in [0.717, 1.165) is 39.5 Å². The third kappa shape index (κ3) is 2.70. The molecular weight excluding hydrogens is 372 g/mol. The first-order valence-corrected chi connectivity index (χ1v) is 10.0. The molecule has 0 N–H and O–H groups in total. The van der Waals surface area contributed by atoms with Gasteiger partial charge in [-0.05, 0) is 35.6 Å². The average Bonchev–Trinajstić information content (AvgIpc) is 3.60. The minimum absolute atomic E-state index is 0.0280. The summed E-state index contributed by atoms with van der Waals surface area (Å²) in [6.45, 7) is 0. The number of fused-ring (bicyclic) bond motifs is 2. The van der Waals surface area contributed by atoms with Gasteiger partial charge in [-0.1, -0.05) is 42.5 Å². The van der Waals surface area contributed by atoms with Gasteiger partial charge in [0.05, 0.1) is 10.9 Å². The summed E-state index contributed by atoms with van der Waals surface area (Å²) in [5.41, 5.74) is 3.79. The van der Waals surface area contributed by atoms with Crippen LogP contribution < -0.4 is 5.56 Å². The maximum atomic E-state index is 13.5. The number of benzene rings is 2. The van der Waals surface area contributed by atoms with Crippen LogP contribution in [0.2, 0.25) is 0 Å². The summed E-state index contributed by atoms with van der Waals surface area (Å²) < 4.78 is 1.87. The van der Waals surface area contributed by atoms with Gasteiger partial charge >= 0.3 is 0 Å². The molecule has 2 unspecified atom stereocenters. The molecule has 5 heteroatoms. The molecule has 0 saturated heterocycles. The van der Waals surface area contributed by atoms with Crippen LogP contribution in [0, 0.1) is 0 Å². The summed E-state index contributed by atoms with van der Waals surface area (Å²) in [4.78, 5) is 26.6. The van der Waals surface area contributed by atoms with Gasteiger partial charge in [-0.2, -0.15) is 0 Å². The summed E-state index contributed by atoms with van der Waals surface area (Å²) in [5, 5.41) is 2.78. The zero-order chi connectivity index (χ0) is 20.1. The Morgan fingerprint density at radius 1 is 0.867 bits per heavy atom. The van der Waals surface area contributed by atoms with Crippen LogP contribution in [0.1, 0.15) is 24.1 Å². The lowest BCUT2D eigenvalue weighted by Crippen LogP contribution is -2.19. The van der Waals surface area contributed by atoms with Crippen molar-refractivity contribution < 1.29 is 0 Å².